The number of aromatic amines is 1. The number of ether oxygens (including phenoxy) is 1. The summed E-state index contributed by atoms with van der Waals surface area (Å²) in [6, 6.07) is 0. The molecule has 0 aromatic carbocycles. The zero-order chi connectivity index (χ0) is 10.2. The van der Waals surface area contributed by atoms with Crippen LogP contribution in [-0.4, -0.2) is 30.2 Å². The Hall–Kier alpha value is -0.870. The van der Waals surface area contributed by atoms with Crippen LogP contribution in [0.4, 0.5) is 0 Å². The molecule has 0 atom stereocenters. The second kappa shape index (κ2) is 6.56. The van der Waals surface area contributed by atoms with Crippen molar-refractivity contribution in [3.63, 3.8) is 0 Å². The van der Waals surface area contributed by atoms with Crippen molar-refractivity contribution in [2.75, 3.05) is 20.3 Å². The summed E-state index contributed by atoms with van der Waals surface area (Å²) in [5.74, 6) is 0.973. The summed E-state index contributed by atoms with van der Waals surface area (Å²) in [5.41, 5.74) is 1.15. The Balaban J connectivity index is 1.99. The van der Waals surface area contributed by atoms with Crippen molar-refractivity contribution in [1.82, 2.24) is 15.3 Å². The number of imidazole rings is 1. The number of rotatable bonds is 7. The van der Waals surface area contributed by atoms with Gasteiger partial charge in [0.15, 0.2) is 0 Å². The van der Waals surface area contributed by atoms with Crippen LogP contribution >= 0.6 is 0 Å². The third-order valence-corrected chi connectivity index (χ3v) is 2.02. The summed E-state index contributed by atoms with van der Waals surface area (Å²) < 4.78 is 4.97. The Morgan fingerprint density at radius 2 is 2.36 bits per heavy atom. The van der Waals surface area contributed by atoms with Crippen LogP contribution in [0.25, 0.3) is 0 Å². The third-order valence-electron chi connectivity index (χ3n) is 2.02. The van der Waals surface area contributed by atoms with Crippen molar-refractivity contribution in [2.24, 2.45) is 0 Å². The number of H-pyrrole nitrogens is 1. The molecule has 1 aromatic rings. The van der Waals surface area contributed by atoms with E-state index in [4.69, 9.17) is 4.74 Å². The lowest BCUT2D eigenvalue weighted by Crippen LogP contribution is -2.15. The molecule has 0 fully saturated rings. The van der Waals surface area contributed by atoms with E-state index in [2.05, 4.69) is 15.3 Å². The zero-order valence-corrected chi connectivity index (χ0v) is 8.97. The molecule has 4 nitrogen and oxygen atoms in total. The zero-order valence-electron chi connectivity index (χ0n) is 8.97. The van der Waals surface area contributed by atoms with Gasteiger partial charge in [-0.25, -0.2) is 4.98 Å². The number of nitrogens with one attached hydrogen (secondary N) is 2. The molecular formula is C10H19N3O. The minimum Gasteiger partial charge on any atom is -0.385 e. The highest BCUT2D eigenvalue weighted by molar-refractivity contribution is 4.98. The van der Waals surface area contributed by atoms with Crippen LogP contribution in [0.2, 0.25) is 0 Å². The van der Waals surface area contributed by atoms with Gasteiger partial charge in [-0.05, 0) is 26.3 Å². The predicted molar refractivity (Wildman–Crippen MR) is 56.1 cm³/mol. The minimum atomic E-state index is 0.852. The molecule has 1 rings (SSSR count). The molecule has 0 aliphatic carbocycles. The van der Waals surface area contributed by atoms with Gasteiger partial charge in [0.25, 0.3) is 0 Å². The summed E-state index contributed by atoms with van der Waals surface area (Å²) in [6.45, 7) is 4.71. The molecule has 0 saturated carbocycles. The molecule has 0 amide bonds. The van der Waals surface area contributed by atoms with E-state index in [1.54, 1.807) is 7.11 Å². The molecule has 4 heteroatoms. The van der Waals surface area contributed by atoms with Crippen molar-refractivity contribution >= 4 is 0 Å². The summed E-state index contributed by atoms with van der Waals surface area (Å²) in [4.78, 5) is 7.31. The maximum Gasteiger partial charge on any atom is 0.103 e. The Kier molecular flexibility index (Phi) is 5.25. The number of aromatic nitrogens is 2. The summed E-state index contributed by atoms with van der Waals surface area (Å²) in [6.07, 6.45) is 4.14. The fourth-order valence-corrected chi connectivity index (χ4v) is 1.28. The lowest BCUT2D eigenvalue weighted by atomic mass is 10.3. The highest BCUT2D eigenvalue weighted by Gasteiger charge is 1.95. The molecular weight excluding hydrogens is 178 g/mol. The van der Waals surface area contributed by atoms with Crippen molar-refractivity contribution in [3.05, 3.63) is 17.7 Å². The number of unbranched alkanes of at least 4 members (excludes halogenated alkanes) is 1. The smallest absolute Gasteiger partial charge is 0.103 e. The Morgan fingerprint density at radius 1 is 1.50 bits per heavy atom. The molecule has 0 aliphatic rings. The molecule has 14 heavy (non-hydrogen) atoms. The van der Waals surface area contributed by atoms with Crippen LogP contribution in [0.5, 0.6) is 0 Å². The van der Waals surface area contributed by atoms with Gasteiger partial charge in [-0.3, -0.25) is 0 Å². The van der Waals surface area contributed by atoms with Crippen LogP contribution in [0.1, 0.15) is 24.4 Å². The van der Waals surface area contributed by atoms with Gasteiger partial charge in [-0.15, -0.1) is 0 Å². The lowest BCUT2D eigenvalue weighted by Gasteiger charge is -2.02. The Morgan fingerprint density at radius 3 is 3.00 bits per heavy atom. The predicted octanol–water partition coefficient (Wildman–Crippen LogP) is 1.23. The Bertz CT molecular complexity index is 247. The fourth-order valence-electron chi connectivity index (χ4n) is 1.28. The van der Waals surface area contributed by atoms with Crippen LogP contribution in [-0.2, 0) is 11.3 Å². The van der Waals surface area contributed by atoms with E-state index in [0.717, 1.165) is 44.1 Å². The first-order chi connectivity index (χ1) is 6.83. The van der Waals surface area contributed by atoms with Crippen LogP contribution in [0.3, 0.4) is 0 Å². The first-order valence-electron chi connectivity index (χ1n) is 5.03. The second-order valence-electron chi connectivity index (χ2n) is 3.37. The standard InChI is InChI=1S/C10H19N3O/c1-9-12-8-10(13-9)7-11-5-3-4-6-14-2/h8,11H,3-7H2,1-2H3,(H,12,13). The van der Waals surface area contributed by atoms with Gasteiger partial charge in [-0.1, -0.05) is 0 Å². The minimum absolute atomic E-state index is 0.852. The van der Waals surface area contributed by atoms with Crippen LogP contribution in [0, 0.1) is 6.92 Å². The highest BCUT2D eigenvalue weighted by Crippen LogP contribution is 1.95. The van der Waals surface area contributed by atoms with Gasteiger partial charge in [0, 0.05) is 32.2 Å². The van der Waals surface area contributed by atoms with Gasteiger partial charge in [0.1, 0.15) is 5.82 Å². The molecule has 0 aliphatic heterocycles. The molecule has 80 valence electrons. The van der Waals surface area contributed by atoms with Crippen molar-refractivity contribution in [3.8, 4) is 0 Å². The van der Waals surface area contributed by atoms with E-state index in [0.29, 0.717) is 0 Å². The van der Waals surface area contributed by atoms with Crippen LogP contribution < -0.4 is 5.32 Å². The van der Waals surface area contributed by atoms with E-state index in [9.17, 15) is 0 Å². The van der Waals surface area contributed by atoms with Crippen LogP contribution in [0.15, 0.2) is 6.20 Å². The summed E-state index contributed by atoms with van der Waals surface area (Å²) >= 11 is 0. The lowest BCUT2D eigenvalue weighted by molar-refractivity contribution is 0.192. The van der Waals surface area contributed by atoms with E-state index < -0.39 is 0 Å². The number of hydrogen-bond donors (Lipinski definition) is 2. The molecule has 0 bridgehead atoms. The van der Waals surface area contributed by atoms with Crippen molar-refractivity contribution in [1.29, 1.82) is 0 Å². The average molecular weight is 197 g/mol. The highest BCUT2D eigenvalue weighted by atomic mass is 16.5. The number of nitrogens with zero attached hydrogens (tertiary/aromatic N) is 1. The number of methoxy groups -OCH3 is 1. The van der Waals surface area contributed by atoms with Gasteiger partial charge in [-0.2, -0.15) is 0 Å². The van der Waals surface area contributed by atoms with Crippen molar-refractivity contribution < 1.29 is 4.74 Å². The molecule has 0 radical (unpaired) electrons. The van der Waals surface area contributed by atoms with E-state index in [1.165, 1.54) is 0 Å². The number of aryl methyl sites for hydroxylation is 1. The third kappa shape index (κ3) is 4.39. The van der Waals surface area contributed by atoms with Gasteiger partial charge in [0.2, 0.25) is 0 Å². The van der Waals surface area contributed by atoms with E-state index >= 15 is 0 Å². The first kappa shape index (κ1) is 11.2. The van der Waals surface area contributed by atoms with Gasteiger partial charge >= 0.3 is 0 Å². The molecule has 0 spiro atoms. The maximum atomic E-state index is 4.97. The number of hydrogen-bond acceptors (Lipinski definition) is 3. The summed E-state index contributed by atoms with van der Waals surface area (Å²) in [7, 11) is 1.74. The SMILES string of the molecule is COCCCCNCc1cnc(C)[nH]1. The summed E-state index contributed by atoms with van der Waals surface area (Å²) in [5, 5.41) is 3.35. The Labute approximate surface area is 85.1 Å². The second-order valence-corrected chi connectivity index (χ2v) is 3.37. The molecule has 0 saturated heterocycles. The quantitative estimate of drug-likeness (QED) is 0.646. The van der Waals surface area contributed by atoms with E-state index in [-0.39, 0.29) is 0 Å². The monoisotopic (exact) mass is 197 g/mol. The van der Waals surface area contributed by atoms with Gasteiger partial charge in [0.05, 0.1) is 0 Å². The average Bonchev–Trinajstić information content (AvgIpc) is 2.58. The normalized spacial score (nSPS) is 10.7. The molecule has 1 aromatic heterocycles. The largest absolute Gasteiger partial charge is 0.385 e. The van der Waals surface area contributed by atoms with Gasteiger partial charge < -0.3 is 15.0 Å². The molecule has 0 unspecified atom stereocenters. The van der Waals surface area contributed by atoms with E-state index in [1.807, 2.05) is 13.1 Å². The topological polar surface area (TPSA) is 49.9 Å². The van der Waals surface area contributed by atoms with Crippen molar-refractivity contribution in [2.45, 2.75) is 26.3 Å². The maximum absolute atomic E-state index is 4.97. The fraction of sp³-hybridized carbons (Fsp3) is 0.700. The molecule has 1 heterocycles. The molecule has 2 N–H and O–H groups in total. The first-order valence-corrected chi connectivity index (χ1v) is 5.03.